The van der Waals surface area contributed by atoms with Crippen molar-refractivity contribution < 1.29 is 8.42 Å². The number of aromatic nitrogens is 5. The highest BCUT2D eigenvalue weighted by Gasteiger charge is 2.22. The van der Waals surface area contributed by atoms with Crippen LogP contribution in [0.25, 0.3) is 0 Å². The molecule has 0 aliphatic carbocycles. The van der Waals surface area contributed by atoms with E-state index in [1.807, 2.05) is 31.2 Å². The molecular weight excluding hydrogens is 376 g/mol. The minimum Gasteiger partial charge on any atom is -0.317 e. The zero-order chi connectivity index (χ0) is 19.7. The van der Waals surface area contributed by atoms with Crippen LogP contribution >= 0.6 is 0 Å². The SMILES string of the molecule is CCCn1cc(S(=O)(=O)Nc2ccc(C3CCc4nncn4C3)cc2)c(C)n1. The van der Waals surface area contributed by atoms with Crippen LogP contribution in [0.15, 0.2) is 41.7 Å². The van der Waals surface area contributed by atoms with Crippen LogP contribution in [0.1, 0.15) is 42.8 Å². The first-order chi connectivity index (χ1) is 13.5. The standard InChI is InChI=1S/C19H24N6O2S/c1-3-10-25-12-18(14(2)22-25)28(26,27)23-17-7-4-15(5-8-17)16-6-9-19-21-20-13-24(19)11-16/h4-5,7-8,12-13,16,23H,3,6,9-11H2,1-2H3. The summed E-state index contributed by atoms with van der Waals surface area (Å²) in [5, 5.41) is 12.4. The number of hydrogen-bond donors (Lipinski definition) is 1. The smallest absolute Gasteiger partial charge is 0.265 e. The predicted molar refractivity (Wildman–Crippen MR) is 106 cm³/mol. The molecule has 1 aliphatic rings. The third-order valence-corrected chi connectivity index (χ3v) is 6.59. The largest absolute Gasteiger partial charge is 0.317 e. The molecule has 2 aromatic heterocycles. The molecule has 4 rings (SSSR count). The molecule has 1 unspecified atom stereocenters. The summed E-state index contributed by atoms with van der Waals surface area (Å²) in [7, 11) is -3.67. The number of fused-ring (bicyclic) bond motifs is 1. The van der Waals surface area contributed by atoms with Crippen molar-refractivity contribution in [2.75, 3.05) is 4.72 Å². The molecule has 1 aromatic carbocycles. The number of sulfonamides is 1. The Morgan fingerprint density at radius 1 is 1.25 bits per heavy atom. The second kappa shape index (κ2) is 7.38. The van der Waals surface area contributed by atoms with E-state index < -0.39 is 10.0 Å². The van der Waals surface area contributed by atoms with Gasteiger partial charge in [-0.15, -0.1) is 10.2 Å². The highest BCUT2D eigenvalue weighted by molar-refractivity contribution is 7.92. The van der Waals surface area contributed by atoms with Gasteiger partial charge in [0.15, 0.2) is 0 Å². The van der Waals surface area contributed by atoms with Crippen LogP contribution in [0.2, 0.25) is 0 Å². The first-order valence-corrected chi connectivity index (χ1v) is 11.0. The zero-order valence-electron chi connectivity index (χ0n) is 16.0. The van der Waals surface area contributed by atoms with Gasteiger partial charge in [-0.05, 0) is 37.5 Å². The lowest BCUT2D eigenvalue weighted by Crippen LogP contribution is -2.18. The van der Waals surface area contributed by atoms with Crippen LogP contribution in [0.4, 0.5) is 5.69 Å². The Bertz CT molecular complexity index is 1070. The van der Waals surface area contributed by atoms with Crippen molar-refractivity contribution in [2.24, 2.45) is 0 Å². The minimum absolute atomic E-state index is 0.220. The Morgan fingerprint density at radius 2 is 2.04 bits per heavy atom. The van der Waals surface area contributed by atoms with Gasteiger partial charge >= 0.3 is 0 Å². The van der Waals surface area contributed by atoms with E-state index in [1.54, 1.807) is 24.1 Å². The molecule has 9 heteroatoms. The summed E-state index contributed by atoms with van der Waals surface area (Å²) in [4.78, 5) is 0.220. The summed E-state index contributed by atoms with van der Waals surface area (Å²) < 4.78 is 31.9. The van der Waals surface area contributed by atoms with E-state index in [1.165, 1.54) is 5.56 Å². The van der Waals surface area contributed by atoms with Crippen LogP contribution < -0.4 is 4.72 Å². The number of anilines is 1. The van der Waals surface area contributed by atoms with Gasteiger partial charge in [-0.3, -0.25) is 9.40 Å². The van der Waals surface area contributed by atoms with Crippen molar-refractivity contribution in [2.45, 2.75) is 57.0 Å². The molecule has 3 heterocycles. The van der Waals surface area contributed by atoms with Crippen LogP contribution in [0.5, 0.6) is 0 Å². The van der Waals surface area contributed by atoms with Crippen LogP contribution in [0, 0.1) is 6.92 Å². The number of hydrogen-bond acceptors (Lipinski definition) is 5. The lowest BCUT2D eigenvalue weighted by atomic mass is 9.91. The summed E-state index contributed by atoms with van der Waals surface area (Å²) in [6, 6.07) is 7.62. The third kappa shape index (κ3) is 3.66. The highest BCUT2D eigenvalue weighted by atomic mass is 32.2. The van der Waals surface area contributed by atoms with E-state index in [-0.39, 0.29) is 4.90 Å². The third-order valence-electron chi connectivity index (χ3n) is 5.11. The summed E-state index contributed by atoms with van der Waals surface area (Å²) in [6.07, 6.45) is 6.17. The minimum atomic E-state index is -3.67. The Kier molecular flexibility index (Phi) is 4.92. The van der Waals surface area contributed by atoms with Crippen LogP contribution in [-0.2, 0) is 29.5 Å². The maximum Gasteiger partial charge on any atom is 0.265 e. The van der Waals surface area contributed by atoms with Gasteiger partial charge in [0.05, 0.1) is 5.69 Å². The highest BCUT2D eigenvalue weighted by Crippen LogP contribution is 2.29. The molecule has 0 saturated carbocycles. The van der Waals surface area contributed by atoms with Gasteiger partial charge in [-0.2, -0.15) is 5.10 Å². The maximum absolute atomic E-state index is 12.8. The predicted octanol–water partition coefficient (Wildman–Crippen LogP) is 2.72. The molecule has 1 atom stereocenters. The van der Waals surface area contributed by atoms with Gasteiger partial charge in [0, 0.05) is 37.3 Å². The number of aryl methyl sites for hydroxylation is 3. The quantitative estimate of drug-likeness (QED) is 0.686. The van der Waals surface area contributed by atoms with Gasteiger partial charge in [0.2, 0.25) is 0 Å². The fourth-order valence-corrected chi connectivity index (χ4v) is 4.92. The molecule has 148 valence electrons. The van der Waals surface area contributed by atoms with Crippen LogP contribution in [-0.4, -0.2) is 33.0 Å². The van der Waals surface area contributed by atoms with Crippen molar-refractivity contribution in [1.29, 1.82) is 0 Å². The molecule has 0 radical (unpaired) electrons. The van der Waals surface area contributed by atoms with Gasteiger partial charge in [0.25, 0.3) is 10.0 Å². The van der Waals surface area contributed by atoms with Crippen molar-refractivity contribution in [3.05, 3.63) is 53.9 Å². The Balaban J connectivity index is 1.48. The first-order valence-electron chi connectivity index (χ1n) is 9.50. The molecule has 0 bridgehead atoms. The molecule has 1 N–H and O–H groups in total. The van der Waals surface area contributed by atoms with Gasteiger partial charge in [-0.25, -0.2) is 8.42 Å². The fourth-order valence-electron chi connectivity index (χ4n) is 3.67. The van der Waals surface area contributed by atoms with Crippen LogP contribution in [0.3, 0.4) is 0 Å². The van der Waals surface area contributed by atoms with E-state index in [2.05, 4.69) is 24.6 Å². The summed E-state index contributed by atoms with van der Waals surface area (Å²) in [5.41, 5.74) is 2.24. The molecule has 8 nitrogen and oxygen atoms in total. The molecule has 0 spiro atoms. The lowest BCUT2D eigenvalue weighted by Gasteiger charge is -2.23. The Hall–Kier alpha value is -2.68. The van der Waals surface area contributed by atoms with Crippen molar-refractivity contribution in [1.82, 2.24) is 24.5 Å². The second-order valence-electron chi connectivity index (χ2n) is 7.20. The maximum atomic E-state index is 12.8. The van der Waals surface area contributed by atoms with E-state index in [0.717, 1.165) is 31.6 Å². The van der Waals surface area contributed by atoms with E-state index in [0.29, 0.717) is 23.8 Å². The Morgan fingerprint density at radius 3 is 2.79 bits per heavy atom. The number of nitrogens with one attached hydrogen (secondary N) is 1. The normalized spacial score (nSPS) is 16.7. The average molecular weight is 401 g/mol. The number of benzene rings is 1. The zero-order valence-corrected chi connectivity index (χ0v) is 16.9. The van der Waals surface area contributed by atoms with E-state index in [9.17, 15) is 8.42 Å². The molecule has 0 saturated heterocycles. The lowest BCUT2D eigenvalue weighted by molar-refractivity contribution is 0.456. The second-order valence-corrected chi connectivity index (χ2v) is 8.86. The topological polar surface area (TPSA) is 94.7 Å². The Labute approximate surface area is 164 Å². The van der Waals surface area contributed by atoms with Gasteiger partial charge in [-0.1, -0.05) is 19.1 Å². The van der Waals surface area contributed by atoms with Crippen molar-refractivity contribution in [3.8, 4) is 0 Å². The number of rotatable bonds is 6. The molecule has 1 aliphatic heterocycles. The number of nitrogens with zero attached hydrogens (tertiary/aromatic N) is 5. The van der Waals surface area contributed by atoms with Crippen molar-refractivity contribution in [3.63, 3.8) is 0 Å². The molecular formula is C19H24N6O2S. The molecule has 3 aromatic rings. The van der Waals surface area contributed by atoms with E-state index in [4.69, 9.17) is 0 Å². The van der Waals surface area contributed by atoms with Gasteiger partial charge in [0.1, 0.15) is 17.0 Å². The summed E-state index contributed by atoms with van der Waals surface area (Å²) in [6.45, 7) is 5.29. The molecule has 28 heavy (non-hydrogen) atoms. The fraction of sp³-hybridized carbons (Fsp3) is 0.421. The monoisotopic (exact) mass is 400 g/mol. The molecule has 0 amide bonds. The van der Waals surface area contributed by atoms with Gasteiger partial charge < -0.3 is 4.57 Å². The average Bonchev–Trinajstić information content (AvgIpc) is 3.28. The molecule has 0 fully saturated rings. The van der Waals surface area contributed by atoms with E-state index >= 15 is 0 Å². The summed E-state index contributed by atoms with van der Waals surface area (Å²) >= 11 is 0. The van der Waals surface area contributed by atoms with Crippen molar-refractivity contribution >= 4 is 15.7 Å². The summed E-state index contributed by atoms with van der Waals surface area (Å²) in [5.74, 6) is 1.41. The first kappa shape index (κ1) is 18.7.